The highest BCUT2D eigenvalue weighted by Gasteiger charge is 2.22. The standard InChI is InChI=1S/C21H24FN3O2/c1-27-17-6-7-20-18(12-17)19(13-23-20)21(26)14-24-8-10-25(11-9-24)16-4-2-15(22)3-5-16/h2-7,12-13,21,23,26H,8-11,14H2,1H3/t21-/m1/s1. The molecular formula is C21H24FN3O2. The molecule has 142 valence electrons. The number of H-pyrrole nitrogens is 1. The van der Waals surface area contributed by atoms with E-state index in [-0.39, 0.29) is 5.82 Å². The Bertz CT molecular complexity index is 901. The van der Waals surface area contributed by atoms with Crippen LogP contribution in [0.2, 0.25) is 0 Å². The first-order chi connectivity index (χ1) is 13.1. The molecular weight excluding hydrogens is 345 g/mol. The number of benzene rings is 2. The number of aliphatic hydroxyl groups is 1. The largest absolute Gasteiger partial charge is 0.497 e. The summed E-state index contributed by atoms with van der Waals surface area (Å²) in [5.41, 5.74) is 2.93. The van der Waals surface area contributed by atoms with Gasteiger partial charge >= 0.3 is 0 Å². The van der Waals surface area contributed by atoms with Crippen molar-refractivity contribution in [1.29, 1.82) is 0 Å². The number of hydrogen-bond acceptors (Lipinski definition) is 4. The number of halogens is 1. The van der Waals surface area contributed by atoms with Crippen LogP contribution in [0.4, 0.5) is 10.1 Å². The Morgan fingerprint density at radius 2 is 1.85 bits per heavy atom. The molecule has 1 atom stereocenters. The number of piperazine rings is 1. The second-order valence-corrected chi connectivity index (χ2v) is 6.94. The maximum atomic E-state index is 13.1. The molecule has 1 aromatic heterocycles. The first-order valence-electron chi connectivity index (χ1n) is 9.20. The van der Waals surface area contributed by atoms with Crippen molar-refractivity contribution < 1.29 is 14.2 Å². The fraction of sp³-hybridized carbons (Fsp3) is 0.333. The molecule has 0 radical (unpaired) electrons. The summed E-state index contributed by atoms with van der Waals surface area (Å²) in [6.45, 7) is 4.03. The fourth-order valence-electron chi connectivity index (χ4n) is 3.71. The van der Waals surface area contributed by atoms with E-state index in [1.54, 1.807) is 7.11 Å². The van der Waals surface area contributed by atoms with Gasteiger partial charge in [0.05, 0.1) is 13.2 Å². The van der Waals surface area contributed by atoms with E-state index in [4.69, 9.17) is 4.74 Å². The number of nitrogens with one attached hydrogen (secondary N) is 1. The summed E-state index contributed by atoms with van der Waals surface area (Å²) in [5, 5.41) is 11.8. The van der Waals surface area contributed by atoms with E-state index < -0.39 is 6.10 Å². The Kier molecular flexibility index (Phi) is 5.01. The predicted octanol–water partition coefficient (Wildman–Crippen LogP) is 3.17. The number of fused-ring (bicyclic) bond motifs is 1. The van der Waals surface area contributed by atoms with Gasteiger partial charge in [0.15, 0.2) is 0 Å². The Morgan fingerprint density at radius 1 is 1.11 bits per heavy atom. The lowest BCUT2D eigenvalue weighted by Gasteiger charge is -2.36. The lowest BCUT2D eigenvalue weighted by molar-refractivity contribution is 0.110. The lowest BCUT2D eigenvalue weighted by atomic mass is 10.1. The molecule has 0 spiro atoms. The van der Waals surface area contributed by atoms with E-state index in [0.717, 1.165) is 54.1 Å². The van der Waals surface area contributed by atoms with Gasteiger partial charge in [-0.3, -0.25) is 4.90 Å². The van der Waals surface area contributed by atoms with Crippen LogP contribution in [0, 0.1) is 5.82 Å². The number of aromatic nitrogens is 1. The molecule has 27 heavy (non-hydrogen) atoms. The number of hydrogen-bond donors (Lipinski definition) is 2. The van der Waals surface area contributed by atoms with Crippen LogP contribution >= 0.6 is 0 Å². The van der Waals surface area contributed by atoms with Crippen LogP contribution in [0.15, 0.2) is 48.7 Å². The number of ether oxygens (including phenoxy) is 1. The SMILES string of the molecule is COc1ccc2[nH]cc([C@H](O)CN3CCN(c4ccc(F)cc4)CC3)c2c1. The van der Waals surface area contributed by atoms with E-state index >= 15 is 0 Å². The molecule has 1 aliphatic heterocycles. The summed E-state index contributed by atoms with van der Waals surface area (Å²) in [6, 6.07) is 12.5. The van der Waals surface area contributed by atoms with Crippen LogP contribution < -0.4 is 9.64 Å². The fourth-order valence-corrected chi connectivity index (χ4v) is 3.71. The molecule has 6 heteroatoms. The van der Waals surface area contributed by atoms with Crippen LogP contribution in [0.5, 0.6) is 5.75 Å². The Labute approximate surface area is 158 Å². The minimum absolute atomic E-state index is 0.212. The van der Waals surface area contributed by atoms with E-state index in [1.807, 2.05) is 36.5 Å². The van der Waals surface area contributed by atoms with Crippen LogP contribution in [0.3, 0.4) is 0 Å². The number of aromatic amines is 1. The predicted molar refractivity (Wildman–Crippen MR) is 105 cm³/mol. The van der Waals surface area contributed by atoms with E-state index in [9.17, 15) is 9.50 Å². The molecule has 5 nitrogen and oxygen atoms in total. The maximum absolute atomic E-state index is 13.1. The number of methoxy groups -OCH3 is 1. The van der Waals surface area contributed by atoms with Crippen molar-refractivity contribution in [3.8, 4) is 5.75 Å². The lowest BCUT2D eigenvalue weighted by Crippen LogP contribution is -2.47. The van der Waals surface area contributed by atoms with E-state index in [0.29, 0.717) is 6.54 Å². The second-order valence-electron chi connectivity index (χ2n) is 6.94. The minimum atomic E-state index is -0.566. The molecule has 2 aromatic carbocycles. The summed E-state index contributed by atoms with van der Waals surface area (Å²) in [5.74, 6) is 0.569. The molecule has 0 bridgehead atoms. The van der Waals surface area contributed by atoms with Crippen LogP contribution in [0.1, 0.15) is 11.7 Å². The van der Waals surface area contributed by atoms with E-state index in [2.05, 4.69) is 14.8 Å². The van der Waals surface area contributed by atoms with Gasteiger partial charge in [-0.1, -0.05) is 0 Å². The van der Waals surface area contributed by atoms with Gasteiger partial charge in [-0.2, -0.15) is 0 Å². The Morgan fingerprint density at radius 3 is 2.56 bits per heavy atom. The van der Waals surface area contributed by atoms with Gasteiger partial charge in [0.1, 0.15) is 11.6 Å². The van der Waals surface area contributed by atoms with Crippen LogP contribution in [-0.2, 0) is 0 Å². The summed E-state index contributed by atoms with van der Waals surface area (Å²) >= 11 is 0. The van der Waals surface area contributed by atoms with Gasteiger partial charge in [-0.05, 0) is 42.5 Å². The minimum Gasteiger partial charge on any atom is -0.497 e. The van der Waals surface area contributed by atoms with Crippen molar-refractivity contribution in [3.63, 3.8) is 0 Å². The maximum Gasteiger partial charge on any atom is 0.123 e. The number of nitrogens with zero attached hydrogens (tertiary/aromatic N) is 2. The highest BCUT2D eigenvalue weighted by atomic mass is 19.1. The highest BCUT2D eigenvalue weighted by Crippen LogP contribution is 2.28. The topological polar surface area (TPSA) is 51.7 Å². The smallest absolute Gasteiger partial charge is 0.123 e. The zero-order chi connectivity index (χ0) is 18.8. The monoisotopic (exact) mass is 369 g/mol. The summed E-state index contributed by atoms with van der Waals surface area (Å²) in [7, 11) is 1.64. The van der Waals surface area contributed by atoms with Gasteiger partial charge in [0, 0.05) is 61.1 Å². The number of rotatable bonds is 5. The first kappa shape index (κ1) is 17.8. The molecule has 0 amide bonds. The van der Waals surface area contributed by atoms with Crippen molar-refractivity contribution in [2.45, 2.75) is 6.10 Å². The number of aliphatic hydroxyl groups excluding tert-OH is 1. The average Bonchev–Trinajstić information content (AvgIpc) is 3.12. The third-order valence-corrected chi connectivity index (χ3v) is 5.28. The van der Waals surface area contributed by atoms with Crippen molar-refractivity contribution >= 4 is 16.6 Å². The van der Waals surface area contributed by atoms with Crippen molar-refractivity contribution in [3.05, 3.63) is 60.0 Å². The molecule has 1 saturated heterocycles. The van der Waals surface area contributed by atoms with Crippen molar-refractivity contribution in [2.75, 3.05) is 44.7 Å². The summed E-state index contributed by atoms with van der Waals surface area (Å²) in [6.07, 6.45) is 1.31. The van der Waals surface area contributed by atoms with Crippen molar-refractivity contribution in [2.24, 2.45) is 0 Å². The van der Waals surface area contributed by atoms with Gasteiger partial charge < -0.3 is 19.7 Å². The Balaban J connectivity index is 1.39. The van der Waals surface area contributed by atoms with Crippen LogP contribution in [0.25, 0.3) is 10.9 Å². The van der Waals surface area contributed by atoms with Crippen molar-refractivity contribution in [1.82, 2.24) is 9.88 Å². The highest BCUT2D eigenvalue weighted by molar-refractivity contribution is 5.85. The molecule has 3 aromatic rings. The molecule has 0 aliphatic carbocycles. The average molecular weight is 369 g/mol. The quantitative estimate of drug-likeness (QED) is 0.725. The molecule has 1 aliphatic rings. The number of anilines is 1. The molecule has 2 N–H and O–H groups in total. The molecule has 2 heterocycles. The third kappa shape index (κ3) is 3.77. The van der Waals surface area contributed by atoms with Gasteiger partial charge in [-0.25, -0.2) is 4.39 Å². The summed E-state index contributed by atoms with van der Waals surface area (Å²) < 4.78 is 18.4. The van der Waals surface area contributed by atoms with Gasteiger partial charge in [0.2, 0.25) is 0 Å². The van der Waals surface area contributed by atoms with Crippen LogP contribution in [-0.4, -0.2) is 54.8 Å². The van der Waals surface area contributed by atoms with E-state index in [1.165, 1.54) is 12.1 Å². The second kappa shape index (κ2) is 7.58. The van der Waals surface area contributed by atoms with Gasteiger partial charge in [0.25, 0.3) is 0 Å². The molecule has 0 saturated carbocycles. The summed E-state index contributed by atoms with van der Waals surface area (Å²) in [4.78, 5) is 7.73. The number of β-amino-alcohol motifs (C(OH)–C–C–N with tert-alkyl or cyclic N) is 1. The molecule has 4 rings (SSSR count). The molecule has 0 unspecified atom stereocenters. The van der Waals surface area contributed by atoms with Gasteiger partial charge in [-0.15, -0.1) is 0 Å². The third-order valence-electron chi connectivity index (χ3n) is 5.28. The first-order valence-corrected chi connectivity index (χ1v) is 9.20. The zero-order valence-electron chi connectivity index (χ0n) is 15.4. The zero-order valence-corrected chi connectivity index (χ0v) is 15.4. The normalized spacial score (nSPS) is 16.6. The molecule has 1 fully saturated rings. The Hall–Kier alpha value is -2.57.